The summed E-state index contributed by atoms with van der Waals surface area (Å²) >= 11 is 0. The number of urea groups is 1. The molecule has 0 bridgehead atoms. The van der Waals surface area contributed by atoms with Gasteiger partial charge in [-0.3, -0.25) is 5.32 Å². The molecule has 0 fully saturated rings. The molecule has 2 N–H and O–H groups in total. The summed E-state index contributed by atoms with van der Waals surface area (Å²) in [7, 11) is 0. The number of halogens is 4. The van der Waals surface area contributed by atoms with E-state index in [1.165, 1.54) is 42.5 Å². The zero-order valence-electron chi connectivity index (χ0n) is 11.9. The van der Waals surface area contributed by atoms with Crippen LogP contribution in [-0.2, 0) is 0 Å². The summed E-state index contributed by atoms with van der Waals surface area (Å²) < 4.78 is 63.2. The van der Waals surface area contributed by atoms with Crippen molar-refractivity contribution >= 4 is 11.7 Å². The molecule has 2 amide bonds. The predicted octanol–water partition coefficient (Wildman–Crippen LogP) is 3.63. The molecule has 0 saturated carbocycles. The number of nitrogens with one attached hydrogen (secondary N) is 2. The van der Waals surface area contributed by atoms with Crippen molar-refractivity contribution in [2.75, 3.05) is 5.32 Å². The Kier molecular flexibility index (Phi) is 3.70. The van der Waals surface area contributed by atoms with Crippen molar-refractivity contribution in [2.45, 2.75) is 12.1 Å². The van der Waals surface area contributed by atoms with Crippen LogP contribution in [0.4, 0.5) is 28.0 Å². The fourth-order valence-electron chi connectivity index (χ4n) is 2.05. The van der Waals surface area contributed by atoms with Crippen molar-refractivity contribution < 1.29 is 31.8 Å². The Labute approximate surface area is 133 Å². The fourth-order valence-corrected chi connectivity index (χ4v) is 2.05. The molecular weight excluding hydrogens is 332 g/mol. The number of hydrogen-bond acceptors (Lipinski definition) is 3. The van der Waals surface area contributed by atoms with Gasteiger partial charge < -0.3 is 14.8 Å². The number of anilines is 1. The first-order valence-corrected chi connectivity index (χ1v) is 6.68. The van der Waals surface area contributed by atoms with E-state index < -0.39 is 23.9 Å². The van der Waals surface area contributed by atoms with Gasteiger partial charge in [-0.2, -0.15) is 13.2 Å². The number of carbonyl (C=O) groups is 1. The van der Waals surface area contributed by atoms with Crippen LogP contribution in [0.25, 0.3) is 0 Å². The fraction of sp³-hybridized carbons (Fsp3) is 0.133. The molecule has 0 unspecified atom stereocenters. The molecule has 5 nitrogen and oxygen atoms in total. The van der Waals surface area contributed by atoms with Gasteiger partial charge in [0.25, 0.3) is 0 Å². The molecule has 0 saturated heterocycles. The minimum atomic E-state index is -5.08. The summed E-state index contributed by atoms with van der Waals surface area (Å²) in [5, 5.41) is 3.54. The Hall–Kier alpha value is -2.97. The van der Waals surface area contributed by atoms with Gasteiger partial charge in [-0.1, -0.05) is 24.3 Å². The minimum absolute atomic E-state index is 0.180. The molecule has 2 aromatic rings. The first-order valence-electron chi connectivity index (χ1n) is 6.68. The molecule has 2 aromatic carbocycles. The number of amides is 2. The van der Waals surface area contributed by atoms with Crippen LogP contribution in [0.15, 0.2) is 48.5 Å². The minimum Gasteiger partial charge on any atom is -0.424 e. The van der Waals surface area contributed by atoms with Crippen LogP contribution in [0.1, 0.15) is 0 Å². The lowest BCUT2D eigenvalue weighted by atomic mass is 10.3. The Morgan fingerprint density at radius 3 is 2.04 bits per heavy atom. The van der Waals surface area contributed by atoms with Gasteiger partial charge in [-0.25, -0.2) is 9.18 Å². The van der Waals surface area contributed by atoms with E-state index in [0.717, 1.165) is 6.07 Å². The second kappa shape index (κ2) is 5.59. The van der Waals surface area contributed by atoms with Crippen LogP contribution in [0.5, 0.6) is 11.5 Å². The first kappa shape index (κ1) is 15.9. The molecule has 0 atom stereocenters. The summed E-state index contributed by atoms with van der Waals surface area (Å²) in [5.41, 5.74) is -0.289. The maximum absolute atomic E-state index is 13.5. The maximum Gasteiger partial charge on any atom is 0.492 e. The third-order valence-corrected chi connectivity index (χ3v) is 3.13. The van der Waals surface area contributed by atoms with Crippen molar-refractivity contribution in [1.82, 2.24) is 5.32 Å². The molecular formula is C15H10F4N2O3. The van der Waals surface area contributed by atoms with E-state index in [1.807, 2.05) is 5.32 Å². The Morgan fingerprint density at radius 2 is 1.50 bits per heavy atom. The highest BCUT2D eigenvalue weighted by molar-refractivity contribution is 5.89. The van der Waals surface area contributed by atoms with E-state index in [9.17, 15) is 22.4 Å². The molecule has 9 heteroatoms. The highest BCUT2D eigenvalue weighted by Crippen LogP contribution is 2.44. The SMILES string of the molecule is O=C(Nc1ccccc1F)NC1(C(F)(F)F)Oc2ccccc2O1. The van der Waals surface area contributed by atoms with Crippen LogP contribution in [0, 0.1) is 5.82 Å². The van der Waals surface area contributed by atoms with Crippen molar-refractivity contribution in [3.8, 4) is 11.5 Å². The highest BCUT2D eigenvalue weighted by atomic mass is 19.4. The van der Waals surface area contributed by atoms with Crippen molar-refractivity contribution in [1.29, 1.82) is 0 Å². The van der Waals surface area contributed by atoms with Crippen molar-refractivity contribution in [3.05, 3.63) is 54.3 Å². The average Bonchev–Trinajstić information content (AvgIpc) is 2.88. The zero-order valence-corrected chi connectivity index (χ0v) is 11.9. The summed E-state index contributed by atoms with van der Waals surface area (Å²) in [6, 6.07) is 9.12. The molecule has 0 radical (unpaired) electrons. The third kappa shape index (κ3) is 2.80. The highest BCUT2D eigenvalue weighted by Gasteiger charge is 2.65. The maximum atomic E-state index is 13.5. The molecule has 0 aromatic heterocycles. The molecule has 126 valence electrons. The van der Waals surface area contributed by atoms with Crippen LogP contribution < -0.4 is 20.1 Å². The van der Waals surface area contributed by atoms with E-state index >= 15 is 0 Å². The number of carbonyl (C=O) groups excluding carboxylic acids is 1. The van der Waals surface area contributed by atoms with Gasteiger partial charge in [0, 0.05) is 0 Å². The lowest BCUT2D eigenvalue weighted by Crippen LogP contribution is -2.65. The number of ether oxygens (including phenoxy) is 2. The van der Waals surface area contributed by atoms with Gasteiger partial charge in [0.2, 0.25) is 0 Å². The van der Waals surface area contributed by atoms with Crippen molar-refractivity contribution in [3.63, 3.8) is 0 Å². The zero-order chi connectivity index (χ0) is 17.4. The van der Waals surface area contributed by atoms with Crippen LogP contribution in [0.2, 0.25) is 0 Å². The number of hydrogen-bond donors (Lipinski definition) is 2. The summed E-state index contributed by atoms with van der Waals surface area (Å²) in [6.45, 7) is 0. The topological polar surface area (TPSA) is 59.6 Å². The second-order valence-corrected chi connectivity index (χ2v) is 4.82. The van der Waals surface area contributed by atoms with Gasteiger partial charge in [-0.15, -0.1) is 0 Å². The second-order valence-electron chi connectivity index (χ2n) is 4.82. The Morgan fingerprint density at radius 1 is 0.958 bits per heavy atom. The largest absolute Gasteiger partial charge is 0.492 e. The quantitative estimate of drug-likeness (QED) is 0.820. The van der Waals surface area contributed by atoms with E-state index in [4.69, 9.17) is 9.47 Å². The van der Waals surface area contributed by atoms with Gasteiger partial charge in [0.15, 0.2) is 11.5 Å². The molecule has 0 aliphatic carbocycles. The van der Waals surface area contributed by atoms with Crippen LogP contribution >= 0.6 is 0 Å². The lowest BCUT2D eigenvalue weighted by Gasteiger charge is -2.29. The molecule has 1 heterocycles. The first-order chi connectivity index (χ1) is 11.3. The standard InChI is InChI=1S/C15H10F4N2O3/c16-9-5-1-2-6-10(9)20-13(22)21-15(14(17,18)19)23-11-7-3-4-8-12(11)24-15/h1-8H,(H2,20,21,22). The van der Waals surface area contributed by atoms with Crippen LogP contribution in [0.3, 0.4) is 0 Å². The lowest BCUT2D eigenvalue weighted by molar-refractivity contribution is -0.317. The monoisotopic (exact) mass is 342 g/mol. The molecule has 1 aliphatic heterocycles. The molecule has 3 rings (SSSR count). The van der Waals surface area contributed by atoms with Gasteiger partial charge in [-0.05, 0) is 24.3 Å². The average molecular weight is 342 g/mol. The van der Waals surface area contributed by atoms with Gasteiger partial charge in [0.05, 0.1) is 5.69 Å². The number of benzene rings is 2. The summed E-state index contributed by atoms with van der Waals surface area (Å²) in [6.07, 6.45) is -5.08. The third-order valence-electron chi connectivity index (χ3n) is 3.13. The number of alkyl halides is 3. The molecule has 0 spiro atoms. The van der Waals surface area contributed by atoms with Gasteiger partial charge >= 0.3 is 18.1 Å². The smallest absolute Gasteiger partial charge is 0.424 e. The summed E-state index contributed by atoms with van der Waals surface area (Å²) in [4.78, 5) is 11.9. The molecule has 24 heavy (non-hydrogen) atoms. The molecule has 1 aliphatic rings. The van der Waals surface area contributed by atoms with Gasteiger partial charge in [0.1, 0.15) is 5.82 Å². The Balaban J connectivity index is 1.82. The van der Waals surface area contributed by atoms with E-state index in [2.05, 4.69) is 0 Å². The number of rotatable bonds is 2. The Bertz CT molecular complexity index is 754. The van der Waals surface area contributed by atoms with Crippen LogP contribution in [-0.4, -0.2) is 18.1 Å². The van der Waals surface area contributed by atoms with E-state index in [1.54, 1.807) is 5.32 Å². The van der Waals surface area contributed by atoms with E-state index in [-0.39, 0.29) is 17.2 Å². The predicted molar refractivity (Wildman–Crippen MR) is 75.0 cm³/mol. The number of fused-ring (bicyclic) bond motifs is 1. The summed E-state index contributed by atoms with van der Waals surface area (Å²) in [5.74, 6) is -4.56. The van der Waals surface area contributed by atoms with Crippen molar-refractivity contribution in [2.24, 2.45) is 0 Å². The number of para-hydroxylation sites is 3. The van der Waals surface area contributed by atoms with E-state index in [0.29, 0.717) is 0 Å². The normalized spacial score (nSPS) is 15.0.